The molecule has 3 saturated heterocycles. The number of rotatable bonds is 12. The van der Waals surface area contributed by atoms with Crippen molar-refractivity contribution in [2.24, 2.45) is 11.8 Å². The van der Waals surface area contributed by atoms with Crippen molar-refractivity contribution in [1.29, 1.82) is 0 Å². The van der Waals surface area contributed by atoms with E-state index in [1.165, 1.54) is 4.90 Å². The highest BCUT2D eigenvalue weighted by molar-refractivity contribution is 9.09. The quantitative estimate of drug-likeness (QED) is 0.163. The molecule has 218 valence electrons. The molecule has 2 amide bonds. The summed E-state index contributed by atoms with van der Waals surface area (Å²) >= 11 is 3.69. The first-order valence-corrected chi connectivity index (χ1v) is 15.2. The van der Waals surface area contributed by atoms with Crippen molar-refractivity contribution in [3.63, 3.8) is 0 Å². The fourth-order valence-corrected chi connectivity index (χ4v) is 7.81. The minimum Gasteiger partial charge on any atom is -0.465 e. The fourth-order valence-electron chi connectivity index (χ4n) is 6.86. The number of fused-ring (bicyclic) bond motifs is 2. The van der Waals surface area contributed by atoms with E-state index in [1.807, 2.05) is 49.4 Å². The molecule has 41 heavy (non-hydrogen) atoms. The summed E-state index contributed by atoms with van der Waals surface area (Å²) in [5.41, 5.74) is -0.574. The second kappa shape index (κ2) is 12.1. The maximum atomic E-state index is 14.7. The van der Waals surface area contributed by atoms with Crippen LogP contribution in [-0.4, -0.2) is 76.2 Å². The monoisotopic (exact) mass is 624 g/mol. The highest BCUT2D eigenvalue weighted by atomic mass is 79.9. The second-order valence-corrected chi connectivity index (χ2v) is 12.2. The number of likely N-dealkylation sites (tertiary alicyclic amines) is 1. The number of aliphatic hydroxyl groups excluding tert-OH is 1. The Labute approximate surface area is 249 Å². The van der Waals surface area contributed by atoms with Crippen molar-refractivity contribution in [3.8, 4) is 0 Å². The molecule has 7 atom stereocenters. The number of carbonyl (C=O) groups is 3. The number of nitrogens with zero attached hydrogens (tertiary/aromatic N) is 2. The van der Waals surface area contributed by atoms with Crippen LogP contribution in [0, 0.1) is 11.8 Å². The van der Waals surface area contributed by atoms with Crippen LogP contribution in [0.25, 0.3) is 10.8 Å². The number of alkyl halides is 1. The molecule has 0 aromatic heterocycles. The van der Waals surface area contributed by atoms with Gasteiger partial charge in [-0.05, 0) is 48.6 Å². The zero-order chi connectivity index (χ0) is 29.3. The number of unbranched alkanes of at least 4 members (excludes halogenated alkanes) is 1. The summed E-state index contributed by atoms with van der Waals surface area (Å²) in [4.78, 5) is 45.2. The zero-order valence-corrected chi connectivity index (χ0v) is 24.9. The van der Waals surface area contributed by atoms with E-state index in [4.69, 9.17) is 9.47 Å². The lowest BCUT2D eigenvalue weighted by Crippen LogP contribution is -2.59. The van der Waals surface area contributed by atoms with Gasteiger partial charge in [-0.3, -0.25) is 14.4 Å². The van der Waals surface area contributed by atoms with Crippen molar-refractivity contribution >= 4 is 50.2 Å². The van der Waals surface area contributed by atoms with Gasteiger partial charge in [0.15, 0.2) is 0 Å². The van der Waals surface area contributed by atoms with Crippen molar-refractivity contribution < 1.29 is 29.0 Å². The number of hydrogen-bond acceptors (Lipinski definition) is 6. The number of aliphatic hydroxyl groups is 1. The summed E-state index contributed by atoms with van der Waals surface area (Å²) in [6.07, 6.45) is 4.96. The Morgan fingerprint density at radius 2 is 2.00 bits per heavy atom. The second-order valence-electron chi connectivity index (χ2n) is 11.0. The molecular formula is C32H37BrN2O6. The normalized spacial score (nSPS) is 28.9. The van der Waals surface area contributed by atoms with Crippen LogP contribution < -0.4 is 4.90 Å². The van der Waals surface area contributed by atoms with E-state index in [2.05, 4.69) is 29.1 Å². The van der Waals surface area contributed by atoms with Crippen LogP contribution in [0.15, 0.2) is 67.8 Å². The van der Waals surface area contributed by atoms with Crippen LogP contribution in [0.2, 0.25) is 0 Å². The lowest BCUT2D eigenvalue weighted by atomic mass is 9.70. The molecule has 2 bridgehead atoms. The van der Waals surface area contributed by atoms with Crippen LogP contribution in [0.1, 0.15) is 32.6 Å². The van der Waals surface area contributed by atoms with Gasteiger partial charge in [-0.2, -0.15) is 0 Å². The van der Waals surface area contributed by atoms with Crippen LogP contribution in [-0.2, 0) is 23.9 Å². The van der Waals surface area contributed by atoms with Crippen LogP contribution in [0.4, 0.5) is 5.69 Å². The lowest BCUT2D eigenvalue weighted by Gasteiger charge is -2.39. The van der Waals surface area contributed by atoms with Gasteiger partial charge in [0.2, 0.25) is 5.91 Å². The summed E-state index contributed by atoms with van der Waals surface area (Å²) in [7, 11) is 0. The number of esters is 1. The summed E-state index contributed by atoms with van der Waals surface area (Å²) in [5, 5.41) is 12.3. The molecule has 0 radical (unpaired) electrons. The zero-order valence-electron chi connectivity index (χ0n) is 23.3. The average Bonchev–Trinajstić information content (AvgIpc) is 3.57. The standard InChI is InChI=1S/C32H37BrN2O6/c1-4-7-10-16-40-31(39)25-26-29(37)35(22(6-3)19-36)28(32(26)18-24(33)27(25)41-32)30(38)34(15-5-2)23-14-13-20-11-8-9-12-21(20)17-23/h4-5,8-9,11-14,17,22,24-28,36H,1-2,6-7,10,15-16,18-19H2,3H3/t22-,24?,25+,26-,27+,28?,32?/m0/s1. The van der Waals surface area contributed by atoms with Gasteiger partial charge in [0.1, 0.15) is 11.6 Å². The Bertz CT molecular complexity index is 1340. The minimum absolute atomic E-state index is 0.211. The highest BCUT2D eigenvalue weighted by Crippen LogP contribution is 2.61. The topological polar surface area (TPSA) is 96.4 Å². The van der Waals surface area contributed by atoms with Crippen LogP contribution >= 0.6 is 15.9 Å². The van der Waals surface area contributed by atoms with E-state index in [1.54, 1.807) is 17.1 Å². The third-order valence-electron chi connectivity index (χ3n) is 8.73. The van der Waals surface area contributed by atoms with E-state index in [0.29, 0.717) is 31.4 Å². The Morgan fingerprint density at radius 1 is 1.24 bits per heavy atom. The summed E-state index contributed by atoms with van der Waals surface area (Å²) in [6.45, 7) is 9.55. The summed E-state index contributed by atoms with van der Waals surface area (Å²) in [5.74, 6) is -2.91. The number of hydrogen-bond donors (Lipinski definition) is 1. The molecule has 3 heterocycles. The molecule has 3 aliphatic heterocycles. The third-order valence-corrected chi connectivity index (χ3v) is 9.57. The fraction of sp³-hybridized carbons (Fsp3) is 0.469. The van der Waals surface area contributed by atoms with E-state index in [9.17, 15) is 19.5 Å². The van der Waals surface area contributed by atoms with E-state index >= 15 is 0 Å². The van der Waals surface area contributed by atoms with Crippen molar-refractivity contribution in [2.45, 2.75) is 61.2 Å². The Balaban J connectivity index is 1.56. The van der Waals surface area contributed by atoms with Crippen molar-refractivity contribution in [3.05, 3.63) is 67.8 Å². The van der Waals surface area contributed by atoms with Gasteiger partial charge in [0.05, 0.1) is 37.2 Å². The molecule has 1 spiro atoms. The first-order chi connectivity index (χ1) is 19.8. The predicted molar refractivity (Wildman–Crippen MR) is 161 cm³/mol. The molecule has 0 aliphatic carbocycles. The number of amides is 2. The highest BCUT2D eigenvalue weighted by Gasteiger charge is 2.77. The van der Waals surface area contributed by atoms with Crippen LogP contribution in [0.3, 0.4) is 0 Å². The van der Waals surface area contributed by atoms with Gasteiger partial charge in [0.25, 0.3) is 5.91 Å². The van der Waals surface area contributed by atoms with E-state index in [0.717, 1.165) is 10.8 Å². The number of carbonyl (C=O) groups excluding carboxylic acids is 3. The van der Waals surface area contributed by atoms with Gasteiger partial charge < -0.3 is 24.4 Å². The minimum atomic E-state index is -1.24. The number of anilines is 1. The molecule has 3 unspecified atom stereocenters. The molecule has 0 saturated carbocycles. The van der Waals surface area contributed by atoms with E-state index < -0.39 is 41.6 Å². The molecular weight excluding hydrogens is 588 g/mol. The van der Waals surface area contributed by atoms with Gasteiger partial charge in [0, 0.05) is 17.1 Å². The van der Waals surface area contributed by atoms with Crippen molar-refractivity contribution in [2.75, 3.05) is 24.7 Å². The maximum Gasteiger partial charge on any atom is 0.312 e. The summed E-state index contributed by atoms with van der Waals surface area (Å²) < 4.78 is 12.2. The Morgan fingerprint density at radius 3 is 2.68 bits per heavy atom. The first-order valence-electron chi connectivity index (χ1n) is 14.3. The average molecular weight is 626 g/mol. The Kier molecular flexibility index (Phi) is 8.68. The number of benzene rings is 2. The molecule has 5 rings (SSSR count). The Hall–Kier alpha value is -3.01. The van der Waals surface area contributed by atoms with Gasteiger partial charge in [-0.15, -0.1) is 13.2 Å². The van der Waals surface area contributed by atoms with E-state index in [-0.39, 0.29) is 36.4 Å². The third kappa shape index (κ3) is 4.91. The largest absolute Gasteiger partial charge is 0.465 e. The smallest absolute Gasteiger partial charge is 0.312 e. The number of allylic oxidation sites excluding steroid dienone is 1. The molecule has 9 heteroatoms. The van der Waals surface area contributed by atoms with Crippen molar-refractivity contribution in [1.82, 2.24) is 4.90 Å². The molecule has 2 aromatic carbocycles. The molecule has 1 N–H and O–H groups in total. The van der Waals surface area contributed by atoms with Gasteiger partial charge >= 0.3 is 5.97 Å². The number of halogens is 1. The van der Waals surface area contributed by atoms with Gasteiger partial charge in [-0.1, -0.05) is 65.3 Å². The van der Waals surface area contributed by atoms with Crippen LogP contribution in [0.5, 0.6) is 0 Å². The summed E-state index contributed by atoms with van der Waals surface area (Å²) in [6, 6.07) is 12.0. The lowest BCUT2D eigenvalue weighted by molar-refractivity contribution is -0.155. The van der Waals surface area contributed by atoms with Gasteiger partial charge in [-0.25, -0.2) is 0 Å². The number of ether oxygens (including phenoxy) is 2. The molecule has 3 fully saturated rings. The first kappa shape index (κ1) is 29.5. The molecule has 2 aromatic rings. The predicted octanol–water partition coefficient (Wildman–Crippen LogP) is 4.39. The molecule has 8 nitrogen and oxygen atoms in total. The SMILES string of the molecule is C=CCCCOC(=O)[C@H]1[C@@H]2OC3(CC2Br)C(C(=O)N(CC=C)c2ccc4ccccc4c2)N([C@@H](CC)CO)C(=O)[C@H]13. The molecule has 3 aliphatic rings. The maximum absolute atomic E-state index is 14.7.